The third kappa shape index (κ3) is 3.97. The van der Waals surface area contributed by atoms with E-state index in [1.807, 2.05) is 0 Å². The van der Waals surface area contributed by atoms with Crippen molar-refractivity contribution in [3.63, 3.8) is 0 Å². The average Bonchev–Trinajstić information content (AvgIpc) is 2.39. The summed E-state index contributed by atoms with van der Waals surface area (Å²) in [4.78, 5) is -0.110. The van der Waals surface area contributed by atoms with Crippen LogP contribution in [0.3, 0.4) is 0 Å². The Morgan fingerprint density at radius 3 is 2.15 bits per heavy atom. The number of nitriles is 2. The number of hydrogen-bond donors (Lipinski definition) is 3. The summed E-state index contributed by atoms with van der Waals surface area (Å²) in [6.07, 6.45) is 0. The average molecular weight is 291 g/mol. The Morgan fingerprint density at radius 2 is 1.70 bits per heavy atom. The van der Waals surface area contributed by atoms with Crippen molar-refractivity contribution in [2.24, 2.45) is 21.0 Å². The Kier molecular flexibility index (Phi) is 4.61. The summed E-state index contributed by atoms with van der Waals surface area (Å²) in [6.45, 7) is 0. The van der Waals surface area contributed by atoms with E-state index in [4.69, 9.17) is 22.0 Å². The van der Waals surface area contributed by atoms with E-state index in [0.717, 1.165) is 0 Å². The van der Waals surface area contributed by atoms with E-state index < -0.39 is 16.0 Å². The fraction of sp³-hybridized carbons (Fsp3) is 0. The molecule has 0 radical (unpaired) electrons. The molecule has 20 heavy (non-hydrogen) atoms. The third-order valence-electron chi connectivity index (χ3n) is 1.89. The van der Waals surface area contributed by atoms with Gasteiger partial charge in [0.1, 0.15) is 12.1 Å². The van der Waals surface area contributed by atoms with Crippen LogP contribution < -0.4 is 16.9 Å². The van der Waals surface area contributed by atoms with Gasteiger partial charge in [0, 0.05) is 0 Å². The molecule has 5 N–H and O–H groups in total. The predicted molar refractivity (Wildman–Crippen MR) is 71.7 cm³/mol. The summed E-state index contributed by atoms with van der Waals surface area (Å²) < 4.78 is 26.4. The van der Waals surface area contributed by atoms with Gasteiger partial charge in [-0.3, -0.25) is 5.43 Å². The van der Waals surface area contributed by atoms with Gasteiger partial charge in [-0.1, -0.05) is 0 Å². The Labute approximate surface area is 114 Å². The second-order valence-corrected chi connectivity index (χ2v) is 4.92. The van der Waals surface area contributed by atoms with Crippen LogP contribution in [0.15, 0.2) is 38.7 Å². The minimum absolute atomic E-state index is 0.110. The van der Waals surface area contributed by atoms with Crippen molar-refractivity contribution in [3.8, 4) is 12.1 Å². The van der Waals surface area contributed by atoms with Gasteiger partial charge in [0.15, 0.2) is 0 Å². The van der Waals surface area contributed by atoms with Crippen molar-refractivity contribution in [2.45, 2.75) is 4.90 Å². The largest absolute Gasteiger partial charge is 0.369 e. The van der Waals surface area contributed by atoms with Gasteiger partial charge >= 0.3 is 0 Å². The lowest BCUT2D eigenvalue weighted by Crippen LogP contribution is -2.24. The van der Waals surface area contributed by atoms with Gasteiger partial charge in [-0.15, -0.1) is 4.40 Å². The minimum atomic E-state index is -3.95. The minimum Gasteiger partial charge on any atom is -0.369 e. The number of nitrogens with two attached hydrogens (primary N) is 2. The number of nitrogens with one attached hydrogen (secondary N) is 1. The molecular weight excluding hydrogens is 282 g/mol. The molecule has 0 atom stereocenters. The van der Waals surface area contributed by atoms with Crippen molar-refractivity contribution in [3.05, 3.63) is 24.3 Å². The standard InChI is InChI=1S/C10H9N7O2S/c11-5-8(6-12)16-15-7-1-3-9(4-2-7)20(18,19)17-10(13)14/h1-4,15H,(H4,13,14,17). The number of nitrogens with zero attached hydrogens (tertiary/aromatic N) is 4. The highest BCUT2D eigenvalue weighted by atomic mass is 32.2. The van der Waals surface area contributed by atoms with Gasteiger partial charge in [0.05, 0.1) is 10.6 Å². The van der Waals surface area contributed by atoms with Gasteiger partial charge in [-0.05, 0) is 24.3 Å². The SMILES string of the molecule is N#CC(C#N)=NNc1ccc(S(=O)(=O)N=C(N)N)cc1. The number of guanidine groups is 1. The van der Waals surface area contributed by atoms with E-state index in [-0.39, 0.29) is 10.6 Å². The van der Waals surface area contributed by atoms with Crippen LogP contribution in [-0.4, -0.2) is 20.1 Å². The van der Waals surface area contributed by atoms with E-state index in [2.05, 4.69) is 14.9 Å². The summed E-state index contributed by atoms with van der Waals surface area (Å²) in [5.74, 6) is -0.565. The predicted octanol–water partition coefficient (Wildman–Crippen LogP) is -0.536. The Balaban J connectivity index is 2.97. The maximum Gasteiger partial charge on any atom is 0.285 e. The van der Waals surface area contributed by atoms with E-state index in [9.17, 15) is 8.42 Å². The van der Waals surface area contributed by atoms with E-state index in [1.54, 1.807) is 12.1 Å². The fourth-order valence-corrected chi connectivity index (χ4v) is 1.95. The van der Waals surface area contributed by atoms with Crippen molar-refractivity contribution in [2.75, 3.05) is 5.43 Å². The highest BCUT2D eigenvalue weighted by Crippen LogP contribution is 2.16. The molecule has 0 heterocycles. The lowest BCUT2D eigenvalue weighted by Gasteiger charge is -2.02. The van der Waals surface area contributed by atoms with Crippen LogP contribution in [0.5, 0.6) is 0 Å². The molecule has 0 aliphatic heterocycles. The van der Waals surface area contributed by atoms with Crippen LogP contribution in [0.1, 0.15) is 0 Å². The van der Waals surface area contributed by atoms with Crippen LogP contribution in [-0.2, 0) is 10.0 Å². The first-order chi connectivity index (χ1) is 9.39. The number of anilines is 1. The first-order valence-electron chi connectivity index (χ1n) is 4.99. The van der Waals surface area contributed by atoms with Crippen LogP contribution in [0.2, 0.25) is 0 Å². The smallest absolute Gasteiger partial charge is 0.285 e. The zero-order valence-electron chi connectivity index (χ0n) is 9.98. The molecule has 0 unspecified atom stereocenters. The second-order valence-electron chi connectivity index (χ2n) is 3.31. The molecule has 10 heteroatoms. The molecule has 0 bridgehead atoms. The molecule has 1 aromatic carbocycles. The molecule has 0 spiro atoms. The molecule has 1 rings (SSSR count). The first kappa shape index (κ1) is 14.9. The summed E-state index contributed by atoms with van der Waals surface area (Å²) in [5, 5.41) is 20.5. The number of hydrogen-bond acceptors (Lipinski definition) is 6. The first-order valence-corrected chi connectivity index (χ1v) is 6.43. The molecule has 0 aliphatic carbocycles. The van der Waals surface area contributed by atoms with Crippen molar-refractivity contribution in [1.29, 1.82) is 10.5 Å². The monoisotopic (exact) mass is 291 g/mol. The summed E-state index contributed by atoms with van der Waals surface area (Å²) in [7, 11) is -3.95. The summed E-state index contributed by atoms with van der Waals surface area (Å²) in [6, 6.07) is 8.38. The van der Waals surface area contributed by atoms with Crippen LogP contribution in [0.25, 0.3) is 0 Å². The molecule has 9 nitrogen and oxygen atoms in total. The Bertz CT molecular complexity index is 715. The van der Waals surface area contributed by atoms with Gasteiger partial charge in [-0.25, -0.2) is 0 Å². The van der Waals surface area contributed by atoms with Gasteiger partial charge in [0.2, 0.25) is 11.7 Å². The van der Waals surface area contributed by atoms with Crippen molar-refractivity contribution >= 4 is 27.4 Å². The number of hydrazone groups is 1. The molecule has 0 fully saturated rings. The van der Waals surface area contributed by atoms with Gasteiger partial charge < -0.3 is 11.5 Å². The topological polar surface area (TPSA) is 171 Å². The molecule has 0 aliphatic rings. The number of benzene rings is 1. The lowest BCUT2D eigenvalue weighted by molar-refractivity contribution is 0.598. The quantitative estimate of drug-likeness (QED) is 0.380. The summed E-state index contributed by atoms with van der Waals surface area (Å²) in [5.41, 5.74) is 12.5. The molecule has 1 aromatic rings. The van der Waals surface area contributed by atoms with Crippen LogP contribution in [0.4, 0.5) is 5.69 Å². The van der Waals surface area contributed by atoms with Gasteiger partial charge in [-0.2, -0.15) is 24.0 Å². The maximum atomic E-state index is 11.6. The highest BCUT2D eigenvalue weighted by Gasteiger charge is 2.12. The molecule has 0 aromatic heterocycles. The third-order valence-corrected chi connectivity index (χ3v) is 3.21. The van der Waals surface area contributed by atoms with Crippen LogP contribution >= 0.6 is 0 Å². The zero-order valence-corrected chi connectivity index (χ0v) is 10.8. The maximum absolute atomic E-state index is 11.6. The van der Waals surface area contributed by atoms with E-state index in [1.165, 1.54) is 24.3 Å². The fourth-order valence-electron chi connectivity index (χ4n) is 1.09. The molecule has 0 amide bonds. The summed E-state index contributed by atoms with van der Waals surface area (Å²) >= 11 is 0. The van der Waals surface area contributed by atoms with Crippen molar-refractivity contribution < 1.29 is 8.42 Å². The number of rotatable bonds is 4. The van der Waals surface area contributed by atoms with Crippen molar-refractivity contribution in [1.82, 2.24) is 0 Å². The number of sulfonamides is 1. The Morgan fingerprint density at radius 1 is 1.15 bits per heavy atom. The molecular formula is C10H9N7O2S. The van der Waals surface area contributed by atoms with Crippen LogP contribution in [0, 0.1) is 22.7 Å². The van der Waals surface area contributed by atoms with E-state index in [0.29, 0.717) is 5.69 Å². The molecule has 0 saturated carbocycles. The lowest BCUT2D eigenvalue weighted by atomic mass is 10.3. The normalized spacial score (nSPS) is 9.70. The molecule has 102 valence electrons. The van der Waals surface area contributed by atoms with E-state index >= 15 is 0 Å². The van der Waals surface area contributed by atoms with Gasteiger partial charge in [0.25, 0.3) is 10.0 Å². The second kappa shape index (κ2) is 6.17. The zero-order chi connectivity index (χ0) is 15.2. The molecule has 0 saturated heterocycles. The Hall–Kier alpha value is -3.11. The highest BCUT2D eigenvalue weighted by molar-refractivity contribution is 7.90.